The van der Waals surface area contributed by atoms with Gasteiger partial charge in [-0.2, -0.15) is 5.10 Å². The molecule has 0 aliphatic heterocycles. The van der Waals surface area contributed by atoms with E-state index in [0.29, 0.717) is 0 Å². The standard InChI is InChI=1S/C9H9BrN2O2/c1-13-6-14-7-4-8(10)9-2-3-11-12(9)5-7/h2-5H,6H2,1H3. The van der Waals surface area contributed by atoms with Crippen LogP contribution in [-0.2, 0) is 4.74 Å². The summed E-state index contributed by atoms with van der Waals surface area (Å²) in [6, 6.07) is 3.81. The molecule has 0 N–H and O–H groups in total. The first-order chi connectivity index (χ1) is 6.81. The lowest BCUT2D eigenvalue weighted by Crippen LogP contribution is -2.00. The van der Waals surface area contributed by atoms with E-state index in [2.05, 4.69) is 21.0 Å². The van der Waals surface area contributed by atoms with E-state index in [-0.39, 0.29) is 6.79 Å². The zero-order valence-corrected chi connectivity index (χ0v) is 9.19. The number of nitrogens with zero attached hydrogens (tertiary/aromatic N) is 2. The third kappa shape index (κ3) is 1.73. The Labute approximate surface area is 89.6 Å². The van der Waals surface area contributed by atoms with Crippen LogP contribution in [0.25, 0.3) is 5.52 Å². The second kappa shape index (κ2) is 3.98. The minimum Gasteiger partial charge on any atom is -0.466 e. The number of hydrogen-bond donors (Lipinski definition) is 0. The monoisotopic (exact) mass is 256 g/mol. The van der Waals surface area contributed by atoms with Gasteiger partial charge in [0.1, 0.15) is 5.75 Å². The zero-order chi connectivity index (χ0) is 9.97. The fraction of sp³-hybridized carbons (Fsp3) is 0.222. The number of fused-ring (bicyclic) bond motifs is 1. The van der Waals surface area contributed by atoms with Gasteiger partial charge in [-0.15, -0.1) is 0 Å². The van der Waals surface area contributed by atoms with Crippen molar-refractivity contribution in [3.63, 3.8) is 0 Å². The molecule has 0 aromatic carbocycles. The van der Waals surface area contributed by atoms with Crippen LogP contribution in [0.1, 0.15) is 0 Å². The summed E-state index contributed by atoms with van der Waals surface area (Å²) in [6.07, 6.45) is 3.54. The number of ether oxygens (including phenoxy) is 2. The molecular weight excluding hydrogens is 248 g/mol. The second-order valence-corrected chi connectivity index (χ2v) is 3.59. The number of methoxy groups -OCH3 is 1. The van der Waals surface area contributed by atoms with Crippen molar-refractivity contribution < 1.29 is 9.47 Å². The number of rotatable bonds is 3. The fourth-order valence-corrected chi connectivity index (χ4v) is 1.71. The van der Waals surface area contributed by atoms with Crippen LogP contribution < -0.4 is 4.74 Å². The average Bonchev–Trinajstić information content (AvgIpc) is 2.63. The zero-order valence-electron chi connectivity index (χ0n) is 7.61. The van der Waals surface area contributed by atoms with Gasteiger partial charge >= 0.3 is 0 Å². The number of hydrogen-bond acceptors (Lipinski definition) is 3. The molecule has 0 saturated heterocycles. The van der Waals surface area contributed by atoms with Gasteiger partial charge in [-0.05, 0) is 28.1 Å². The minimum absolute atomic E-state index is 0.235. The maximum atomic E-state index is 5.30. The largest absolute Gasteiger partial charge is 0.466 e. The molecule has 0 spiro atoms. The van der Waals surface area contributed by atoms with E-state index in [1.807, 2.05) is 12.1 Å². The van der Waals surface area contributed by atoms with E-state index < -0.39 is 0 Å². The van der Waals surface area contributed by atoms with Gasteiger partial charge in [-0.3, -0.25) is 0 Å². The first-order valence-electron chi connectivity index (χ1n) is 4.06. The highest BCUT2D eigenvalue weighted by molar-refractivity contribution is 9.10. The first kappa shape index (κ1) is 9.48. The van der Waals surface area contributed by atoms with Crippen molar-refractivity contribution in [3.8, 4) is 5.75 Å². The van der Waals surface area contributed by atoms with E-state index in [1.54, 1.807) is 24.0 Å². The summed E-state index contributed by atoms with van der Waals surface area (Å²) < 4.78 is 12.8. The summed E-state index contributed by atoms with van der Waals surface area (Å²) in [5, 5.41) is 4.11. The highest BCUT2D eigenvalue weighted by atomic mass is 79.9. The predicted molar refractivity (Wildman–Crippen MR) is 55.4 cm³/mol. The maximum Gasteiger partial charge on any atom is 0.188 e. The van der Waals surface area contributed by atoms with E-state index in [9.17, 15) is 0 Å². The predicted octanol–water partition coefficient (Wildman–Crippen LogP) is 2.08. The van der Waals surface area contributed by atoms with Crippen molar-refractivity contribution in [1.29, 1.82) is 0 Å². The van der Waals surface area contributed by atoms with Crippen LogP contribution in [0.2, 0.25) is 0 Å². The van der Waals surface area contributed by atoms with Gasteiger partial charge in [0.05, 0.1) is 17.9 Å². The van der Waals surface area contributed by atoms with Crippen molar-refractivity contribution in [2.75, 3.05) is 13.9 Å². The molecule has 2 aromatic heterocycles. The molecule has 0 amide bonds. The smallest absolute Gasteiger partial charge is 0.188 e. The van der Waals surface area contributed by atoms with Gasteiger partial charge in [0.15, 0.2) is 6.79 Å². The molecule has 0 fully saturated rings. The molecular formula is C9H9BrN2O2. The lowest BCUT2D eigenvalue weighted by Gasteiger charge is -2.05. The Hall–Kier alpha value is -1.07. The molecule has 0 atom stereocenters. The quantitative estimate of drug-likeness (QED) is 0.790. The topological polar surface area (TPSA) is 35.8 Å². The molecule has 2 heterocycles. The number of pyridine rings is 1. The Bertz CT molecular complexity index is 441. The fourth-order valence-electron chi connectivity index (χ4n) is 1.17. The van der Waals surface area contributed by atoms with E-state index in [0.717, 1.165) is 15.7 Å². The Kier molecular flexibility index (Phi) is 2.69. The summed E-state index contributed by atoms with van der Waals surface area (Å²) >= 11 is 3.44. The average molecular weight is 257 g/mol. The molecule has 0 saturated carbocycles. The van der Waals surface area contributed by atoms with E-state index in [1.165, 1.54) is 0 Å². The maximum absolute atomic E-state index is 5.30. The van der Waals surface area contributed by atoms with E-state index >= 15 is 0 Å². The van der Waals surface area contributed by atoms with Crippen LogP contribution in [0, 0.1) is 0 Å². The molecule has 2 aromatic rings. The van der Waals surface area contributed by atoms with Crippen LogP contribution >= 0.6 is 15.9 Å². The van der Waals surface area contributed by atoms with Gasteiger partial charge in [-0.25, -0.2) is 4.52 Å². The lowest BCUT2D eigenvalue weighted by molar-refractivity contribution is 0.0507. The lowest BCUT2D eigenvalue weighted by atomic mass is 10.4. The van der Waals surface area contributed by atoms with Crippen LogP contribution in [0.5, 0.6) is 5.75 Å². The third-order valence-corrected chi connectivity index (χ3v) is 2.41. The number of halogens is 1. The molecule has 5 heteroatoms. The van der Waals surface area contributed by atoms with Crippen LogP contribution in [0.3, 0.4) is 0 Å². The van der Waals surface area contributed by atoms with Gasteiger partial charge in [0.25, 0.3) is 0 Å². The molecule has 74 valence electrons. The van der Waals surface area contributed by atoms with Crippen molar-refractivity contribution in [3.05, 3.63) is 29.0 Å². The minimum atomic E-state index is 0.235. The van der Waals surface area contributed by atoms with E-state index in [4.69, 9.17) is 9.47 Å². The molecule has 0 bridgehead atoms. The van der Waals surface area contributed by atoms with Crippen molar-refractivity contribution in [2.45, 2.75) is 0 Å². The Morgan fingerprint density at radius 3 is 3.21 bits per heavy atom. The number of aromatic nitrogens is 2. The molecule has 2 rings (SSSR count). The van der Waals surface area contributed by atoms with Crippen LogP contribution in [-0.4, -0.2) is 23.5 Å². The summed E-state index contributed by atoms with van der Waals surface area (Å²) in [5.41, 5.74) is 1.01. The van der Waals surface area contributed by atoms with Crippen molar-refractivity contribution in [1.82, 2.24) is 9.61 Å². The summed E-state index contributed by atoms with van der Waals surface area (Å²) in [5.74, 6) is 0.718. The molecule has 0 radical (unpaired) electrons. The molecule has 4 nitrogen and oxygen atoms in total. The highest BCUT2D eigenvalue weighted by Gasteiger charge is 2.02. The third-order valence-electron chi connectivity index (χ3n) is 1.78. The van der Waals surface area contributed by atoms with Gasteiger partial charge < -0.3 is 9.47 Å². The van der Waals surface area contributed by atoms with Gasteiger partial charge in [0.2, 0.25) is 0 Å². The molecule has 0 aliphatic rings. The molecule has 0 aliphatic carbocycles. The van der Waals surface area contributed by atoms with Crippen LogP contribution in [0.15, 0.2) is 29.0 Å². The molecule has 14 heavy (non-hydrogen) atoms. The van der Waals surface area contributed by atoms with Crippen molar-refractivity contribution in [2.24, 2.45) is 0 Å². The highest BCUT2D eigenvalue weighted by Crippen LogP contribution is 2.23. The van der Waals surface area contributed by atoms with Gasteiger partial charge in [-0.1, -0.05) is 0 Å². The second-order valence-electron chi connectivity index (χ2n) is 2.74. The SMILES string of the molecule is COCOc1cc(Br)c2ccnn2c1. The summed E-state index contributed by atoms with van der Waals surface area (Å²) in [4.78, 5) is 0. The Morgan fingerprint density at radius 1 is 1.57 bits per heavy atom. The summed E-state index contributed by atoms with van der Waals surface area (Å²) in [6.45, 7) is 0.235. The first-order valence-corrected chi connectivity index (χ1v) is 4.85. The molecule has 0 unspecified atom stereocenters. The van der Waals surface area contributed by atoms with Crippen LogP contribution in [0.4, 0.5) is 0 Å². The Morgan fingerprint density at radius 2 is 2.43 bits per heavy atom. The normalized spacial score (nSPS) is 10.7. The summed E-state index contributed by atoms with van der Waals surface area (Å²) in [7, 11) is 1.58. The van der Waals surface area contributed by atoms with Crippen molar-refractivity contribution >= 4 is 21.4 Å². The van der Waals surface area contributed by atoms with Gasteiger partial charge in [0, 0.05) is 11.6 Å². The Balaban J connectivity index is 2.38.